The first kappa shape index (κ1) is 16.5. The molecule has 0 radical (unpaired) electrons. The van der Waals surface area contributed by atoms with E-state index >= 15 is 0 Å². The molecule has 0 fully saturated rings. The Bertz CT molecular complexity index is 1160. The molecule has 2 aromatic carbocycles. The third-order valence-corrected chi connectivity index (χ3v) is 4.26. The number of aromatic nitrogens is 4. The Morgan fingerprint density at radius 1 is 1.08 bits per heavy atom. The number of hydrogen-bond acceptors (Lipinski definition) is 3. The number of hydrogen-bond donors (Lipinski definition) is 0. The van der Waals surface area contributed by atoms with Crippen molar-refractivity contribution in [3.8, 4) is 11.4 Å². The smallest absolute Gasteiger partial charge is 0.265 e. The van der Waals surface area contributed by atoms with Crippen LogP contribution in [0.1, 0.15) is 11.3 Å². The molecule has 0 aliphatic heterocycles. The first-order valence-electron chi connectivity index (χ1n) is 7.99. The predicted octanol–water partition coefficient (Wildman–Crippen LogP) is 3.71. The van der Waals surface area contributed by atoms with E-state index in [9.17, 15) is 9.18 Å². The van der Waals surface area contributed by atoms with Crippen LogP contribution < -0.4 is 5.56 Å². The first-order chi connectivity index (χ1) is 12.5. The fourth-order valence-corrected chi connectivity index (χ4v) is 3.02. The third kappa shape index (κ3) is 2.99. The van der Waals surface area contributed by atoms with Gasteiger partial charge >= 0.3 is 0 Å². The van der Waals surface area contributed by atoms with E-state index in [1.807, 2.05) is 19.1 Å². The van der Waals surface area contributed by atoms with Crippen molar-refractivity contribution in [1.29, 1.82) is 0 Å². The lowest BCUT2D eigenvalue weighted by Gasteiger charge is -2.10. The van der Waals surface area contributed by atoms with Gasteiger partial charge in [-0.3, -0.25) is 4.79 Å². The quantitative estimate of drug-likeness (QED) is 0.554. The summed E-state index contributed by atoms with van der Waals surface area (Å²) in [5.41, 5.74) is 2.40. The van der Waals surface area contributed by atoms with Crippen LogP contribution in [0, 0.1) is 12.7 Å². The number of aryl methyl sites for hydroxylation is 1. The minimum atomic E-state index is -0.324. The van der Waals surface area contributed by atoms with Gasteiger partial charge in [0.25, 0.3) is 5.56 Å². The number of fused-ring (bicyclic) bond motifs is 1. The highest BCUT2D eigenvalue weighted by molar-refractivity contribution is 6.30. The molecule has 0 saturated carbocycles. The molecule has 0 bridgehead atoms. The number of benzene rings is 2. The summed E-state index contributed by atoms with van der Waals surface area (Å²) in [5.74, 6) is 0.188. The minimum absolute atomic E-state index is 0.230. The molecular weight excluding hydrogens is 355 g/mol. The second kappa shape index (κ2) is 6.38. The summed E-state index contributed by atoms with van der Waals surface area (Å²) in [4.78, 5) is 12.8. The van der Waals surface area contributed by atoms with E-state index in [0.29, 0.717) is 22.1 Å². The van der Waals surface area contributed by atoms with E-state index in [-0.39, 0.29) is 17.9 Å². The van der Waals surface area contributed by atoms with Crippen molar-refractivity contribution in [1.82, 2.24) is 19.4 Å². The van der Waals surface area contributed by atoms with Crippen LogP contribution in [0.5, 0.6) is 0 Å². The van der Waals surface area contributed by atoms with E-state index in [4.69, 9.17) is 11.6 Å². The summed E-state index contributed by atoms with van der Waals surface area (Å²) < 4.78 is 16.0. The molecule has 4 aromatic rings. The van der Waals surface area contributed by atoms with Gasteiger partial charge in [-0.1, -0.05) is 35.9 Å². The predicted molar refractivity (Wildman–Crippen MR) is 97.9 cm³/mol. The fourth-order valence-electron chi connectivity index (χ4n) is 2.83. The third-order valence-electron chi connectivity index (χ3n) is 4.03. The van der Waals surface area contributed by atoms with Crippen LogP contribution in [0.2, 0.25) is 5.02 Å². The van der Waals surface area contributed by atoms with Gasteiger partial charge in [-0.15, -0.1) is 5.10 Å². The van der Waals surface area contributed by atoms with Gasteiger partial charge in [-0.25, -0.2) is 13.6 Å². The van der Waals surface area contributed by atoms with Crippen molar-refractivity contribution >= 4 is 17.1 Å². The topological polar surface area (TPSA) is 52.2 Å². The maximum atomic E-state index is 13.1. The lowest BCUT2D eigenvalue weighted by atomic mass is 10.2. The summed E-state index contributed by atoms with van der Waals surface area (Å²) in [6.07, 6.45) is 0. The number of halogens is 2. The second-order valence-corrected chi connectivity index (χ2v) is 6.44. The molecule has 26 heavy (non-hydrogen) atoms. The van der Waals surface area contributed by atoms with Gasteiger partial charge in [-0.05, 0) is 42.8 Å². The Kier molecular flexibility index (Phi) is 4.05. The maximum absolute atomic E-state index is 13.1. The first-order valence-corrected chi connectivity index (χ1v) is 8.37. The average Bonchev–Trinajstić information content (AvgIpc) is 3.01. The summed E-state index contributed by atoms with van der Waals surface area (Å²) in [6.45, 7) is 2.05. The van der Waals surface area contributed by atoms with E-state index in [1.54, 1.807) is 30.3 Å². The molecule has 4 rings (SSSR count). The van der Waals surface area contributed by atoms with E-state index in [2.05, 4.69) is 10.2 Å². The van der Waals surface area contributed by atoms with Gasteiger partial charge in [0.2, 0.25) is 0 Å². The molecular formula is C19H14ClFN4O. The van der Waals surface area contributed by atoms with Crippen molar-refractivity contribution < 1.29 is 4.39 Å². The van der Waals surface area contributed by atoms with Crippen LogP contribution in [0.4, 0.5) is 4.39 Å². The van der Waals surface area contributed by atoms with Gasteiger partial charge in [0.15, 0.2) is 5.82 Å². The molecule has 2 heterocycles. The van der Waals surface area contributed by atoms with Crippen molar-refractivity contribution in [2.24, 2.45) is 0 Å². The molecule has 0 N–H and O–H groups in total. The largest absolute Gasteiger partial charge is 0.293 e. The van der Waals surface area contributed by atoms with Crippen LogP contribution >= 0.6 is 11.6 Å². The molecule has 130 valence electrons. The number of nitrogens with zero attached hydrogens (tertiary/aromatic N) is 4. The Morgan fingerprint density at radius 2 is 1.85 bits per heavy atom. The zero-order valence-corrected chi connectivity index (χ0v) is 14.6. The van der Waals surface area contributed by atoms with Crippen molar-refractivity contribution in [2.45, 2.75) is 13.5 Å². The Hall–Kier alpha value is -2.99. The number of rotatable bonds is 3. The second-order valence-electron chi connectivity index (χ2n) is 6.01. The van der Waals surface area contributed by atoms with Crippen LogP contribution in [0.25, 0.3) is 16.9 Å². The monoisotopic (exact) mass is 368 g/mol. The standard InChI is InChI=1S/C19H14ClFN4O/c1-12-9-17-19(26)24(11-13-5-7-16(21)8-6-13)23-18(25(17)22-12)14-3-2-4-15(20)10-14/h2-10H,11H2,1H3. The molecule has 0 aliphatic carbocycles. The highest BCUT2D eigenvalue weighted by Crippen LogP contribution is 2.21. The van der Waals surface area contributed by atoms with Crippen LogP contribution in [0.3, 0.4) is 0 Å². The summed E-state index contributed by atoms with van der Waals surface area (Å²) in [6, 6.07) is 14.9. The van der Waals surface area contributed by atoms with E-state index in [0.717, 1.165) is 11.1 Å². The van der Waals surface area contributed by atoms with Gasteiger partial charge in [-0.2, -0.15) is 5.10 Å². The SMILES string of the molecule is Cc1cc2c(=O)n(Cc3ccc(F)cc3)nc(-c3cccc(Cl)c3)n2n1. The van der Waals surface area contributed by atoms with Crippen LogP contribution in [0.15, 0.2) is 59.4 Å². The molecule has 2 aromatic heterocycles. The highest BCUT2D eigenvalue weighted by atomic mass is 35.5. The normalized spacial score (nSPS) is 11.2. The lowest BCUT2D eigenvalue weighted by molar-refractivity contribution is 0.614. The highest BCUT2D eigenvalue weighted by Gasteiger charge is 2.15. The zero-order chi connectivity index (χ0) is 18.3. The molecule has 0 amide bonds. The molecule has 0 spiro atoms. The van der Waals surface area contributed by atoms with E-state index < -0.39 is 0 Å². The van der Waals surface area contributed by atoms with Crippen molar-refractivity contribution in [3.05, 3.63) is 87.0 Å². The molecule has 0 saturated heterocycles. The Morgan fingerprint density at radius 3 is 2.58 bits per heavy atom. The van der Waals surface area contributed by atoms with Gasteiger partial charge in [0.05, 0.1) is 12.2 Å². The Labute approximate surface area is 153 Å². The average molecular weight is 369 g/mol. The molecule has 0 unspecified atom stereocenters. The summed E-state index contributed by atoms with van der Waals surface area (Å²) in [7, 11) is 0. The van der Waals surface area contributed by atoms with Crippen molar-refractivity contribution in [3.63, 3.8) is 0 Å². The van der Waals surface area contributed by atoms with E-state index in [1.165, 1.54) is 21.3 Å². The maximum Gasteiger partial charge on any atom is 0.293 e. The minimum Gasteiger partial charge on any atom is -0.265 e. The molecule has 0 atom stereocenters. The molecule has 7 heteroatoms. The van der Waals surface area contributed by atoms with Crippen molar-refractivity contribution in [2.75, 3.05) is 0 Å². The van der Waals surface area contributed by atoms with Gasteiger partial charge in [0.1, 0.15) is 11.3 Å². The summed E-state index contributed by atoms with van der Waals surface area (Å²) in [5, 5.41) is 9.45. The van der Waals surface area contributed by atoms with Gasteiger partial charge < -0.3 is 0 Å². The summed E-state index contributed by atoms with van der Waals surface area (Å²) >= 11 is 6.11. The van der Waals surface area contributed by atoms with Crippen LogP contribution in [-0.4, -0.2) is 19.4 Å². The molecule has 0 aliphatic rings. The fraction of sp³-hybridized carbons (Fsp3) is 0.105. The Balaban J connectivity index is 1.92. The molecule has 5 nitrogen and oxygen atoms in total. The van der Waals surface area contributed by atoms with Crippen LogP contribution in [-0.2, 0) is 6.54 Å². The van der Waals surface area contributed by atoms with Gasteiger partial charge in [0, 0.05) is 10.6 Å². The lowest BCUT2D eigenvalue weighted by Crippen LogP contribution is -2.26. The zero-order valence-electron chi connectivity index (χ0n) is 13.9.